The third-order valence-corrected chi connectivity index (χ3v) is 6.04. The molecule has 2 bridgehead atoms. The lowest BCUT2D eigenvalue weighted by Gasteiger charge is -2.39. The molecule has 3 rings (SSSR count). The van der Waals surface area contributed by atoms with E-state index in [2.05, 4.69) is 25.7 Å². The zero-order chi connectivity index (χ0) is 13.8. The zero-order valence-electron chi connectivity index (χ0n) is 12.1. The minimum atomic E-state index is -0.619. The molecule has 2 heteroatoms. The van der Waals surface area contributed by atoms with Gasteiger partial charge < -0.3 is 10.2 Å². The topological polar surface area (TPSA) is 40.5 Å². The summed E-state index contributed by atoms with van der Waals surface area (Å²) in [4.78, 5) is 0. The van der Waals surface area contributed by atoms with Gasteiger partial charge in [-0.1, -0.05) is 24.3 Å². The number of fused-ring (bicyclic) bond motifs is 4. The molecule has 6 atom stereocenters. The van der Waals surface area contributed by atoms with Gasteiger partial charge in [0.2, 0.25) is 0 Å². The monoisotopic (exact) mass is 262 g/mol. The SMILES string of the molecule is C=C(C)C1CC2C(CCC2(C)O)C2(O)CC=CC1C2. The van der Waals surface area contributed by atoms with Crippen LogP contribution in [0.25, 0.3) is 0 Å². The average Bonchev–Trinajstić information content (AvgIpc) is 2.56. The minimum Gasteiger partial charge on any atom is -0.390 e. The van der Waals surface area contributed by atoms with Crippen molar-refractivity contribution in [1.82, 2.24) is 0 Å². The fourth-order valence-corrected chi connectivity index (χ4v) is 4.93. The highest BCUT2D eigenvalue weighted by Gasteiger charge is 2.56. The molecule has 2 nitrogen and oxygen atoms in total. The molecule has 0 heterocycles. The Hall–Kier alpha value is -0.600. The molecule has 6 unspecified atom stereocenters. The standard InChI is InChI=1S/C17H26O2/c1-11(2)13-9-15-14(6-8-16(15,3)18)17(19)7-4-5-12(13)10-17/h4-5,12-15,18-19H,1,6-10H2,2-3H3. The summed E-state index contributed by atoms with van der Waals surface area (Å²) >= 11 is 0. The van der Waals surface area contributed by atoms with E-state index in [1.165, 1.54) is 5.57 Å². The fraction of sp³-hybridized carbons (Fsp3) is 0.765. The van der Waals surface area contributed by atoms with Gasteiger partial charge in [0.15, 0.2) is 0 Å². The maximum absolute atomic E-state index is 11.1. The molecule has 0 radical (unpaired) electrons. The van der Waals surface area contributed by atoms with Gasteiger partial charge in [-0.2, -0.15) is 0 Å². The van der Waals surface area contributed by atoms with E-state index in [1.54, 1.807) is 0 Å². The summed E-state index contributed by atoms with van der Waals surface area (Å²) < 4.78 is 0. The molecule has 2 saturated carbocycles. The van der Waals surface area contributed by atoms with Crippen molar-refractivity contribution in [2.45, 2.75) is 57.2 Å². The Kier molecular flexibility index (Phi) is 2.96. The first kappa shape index (κ1) is 13.4. The van der Waals surface area contributed by atoms with E-state index in [1.807, 2.05) is 6.92 Å². The Bertz CT molecular complexity index is 423. The smallest absolute Gasteiger partial charge is 0.0719 e. The Labute approximate surface area is 116 Å². The second kappa shape index (κ2) is 4.20. The van der Waals surface area contributed by atoms with E-state index in [-0.39, 0.29) is 11.8 Å². The van der Waals surface area contributed by atoms with Crippen LogP contribution in [0.4, 0.5) is 0 Å². The van der Waals surface area contributed by atoms with Gasteiger partial charge in [0.25, 0.3) is 0 Å². The van der Waals surface area contributed by atoms with Crippen LogP contribution in [0, 0.1) is 23.7 Å². The second-order valence-electron chi connectivity index (χ2n) is 7.40. The first-order chi connectivity index (χ1) is 8.83. The van der Waals surface area contributed by atoms with Gasteiger partial charge in [0.05, 0.1) is 11.2 Å². The molecule has 106 valence electrons. The summed E-state index contributed by atoms with van der Waals surface area (Å²) in [6.07, 6.45) is 8.77. The minimum absolute atomic E-state index is 0.212. The number of aliphatic hydroxyl groups is 2. The molecule has 0 aliphatic heterocycles. The lowest BCUT2D eigenvalue weighted by atomic mass is 9.72. The molecule has 0 aromatic rings. The molecule has 0 amide bonds. The van der Waals surface area contributed by atoms with Gasteiger partial charge in [0, 0.05) is 0 Å². The molecule has 19 heavy (non-hydrogen) atoms. The van der Waals surface area contributed by atoms with Crippen molar-refractivity contribution in [2.24, 2.45) is 23.7 Å². The molecular weight excluding hydrogens is 236 g/mol. The molecular formula is C17H26O2. The molecule has 3 aliphatic rings. The van der Waals surface area contributed by atoms with Crippen LogP contribution in [-0.4, -0.2) is 21.4 Å². The second-order valence-corrected chi connectivity index (χ2v) is 7.40. The summed E-state index contributed by atoms with van der Waals surface area (Å²) in [6, 6.07) is 0. The highest BCUT2D eigenvalue weighted by Crippen LogP contribution is 2.56. The van der Waals surface area contributed by atoms with Crippen LogP contribution in [0.3, 0.4) is 0 Å². The van der Waals surface area contributed by atoms with E-state index in [0.717, 1.165) is 32.1 Å². The van der Waals surface area contributed by atoms with Gasteiger partial charge in [-0.3, -0.25) is 0 Å². The maximum Gasteiger partial charge on any atom is 0.0719 e. The van der Waals surface area contributed by atoms with E-state index in [9.17, 15) is 10.2 Å². The Morgan fingerprint density at radius 3 is 2.74 bits per heavy atom. The number of hydrogen-bond donors (Lipinski definition) is 2. The van der Waals surface area contributed by atoms with Gasteiger partial charge in [-0.15, -0.1) is 0 Å². The first-order valence-corrected chi connectivity index (χ1v) is 7.60. The molecule has 2 N–H and O–H groups in total. The van der Waals surface area contributed by atoms with E-state index >= 15 is 0 Å². The zero-order valence-corrected chi connectivity index (χ0v) is 12.1. The van der Waals surface area contributed by atoms with E-state index in [0.29, 0.717) is 11.8 Å². The van der Waals surface area contributed by atoms with Gasteiger partial charge in [0.1, 0.15) is 0 Å². The van der Waals surface area contributed by atoms with E-state index in [4.69, 9.17) is 0 Å². The lowest BCUT2D eigenvalue weighted by molar-refractivity contribution is -0.0668. The lowest BCUT2D eigenvalue weighted by Crippen LogP contribution is -2.43. The Balaban J connectivity index is 2.02. The van der Waals surface area contributed by atoms with Crippen molar-refractivity contribution in [1.29, 1.82) is 0 Å². The number of rotatable bonds is 1. The third-order valence-electron chi connectivity index (χ3n) is 6.04. The van der Waals surface area contributed by atoms with Crippen molar-refractivity contribution < 1.29 is 10.2 Å². The largest absolute Gasteiger partial charge is 0.390 e. The molecule has 0 aromatic heterocycles. The Morgan fingerprint density at radius 2 is 2.05 bits per heavy atom. The van der Waals surface area contributed by atoms with Crippen molar-refractivity contribution in [3.8, 4) is 0 Å². The Morgan fingerprint density at radius 1 is 1.32 bits per heavy atom. The van der Waals surface area contributed by atoms with Crippen LogP contribution < -0.4 is 0 Å². The highest BCUT2D eigenvalue weighted by atomic mass is 16.3. The molecule has 2 fully saturated rings. The van der Waals surface area contributed by atoms with Gasteiger partial charge >= 0.3 is 0 Å². The normalized spacial score (nSPS) is 52.6. The van der Waals surface area contributed by atoms with Crippen LogP contribution in [0.1, 0.15) is 46.0 Å². The van der Waals surface area contributed by atoms with Crippen LogP contribution in [0.15, 0.2) is 24.3 Å². The predicted molar refractivity (Wildman–Crippen MR) is 76.6 cm³/mol. The van der Waals surface area contributed by atoms with Crippen LogP contribution in [-0.2, 0) is 0 Å². The van der Waals surface area contributed by atoms with Crippen molar-refractivity contribution >= 4 is 0 Å². The molecule has 0 spiro atoms. The summed E-state index contributed by atoms with van der Waals surface area (Å²) in [6.45, 7) is 8.21. The molecule has 3 aliphatic carbocycles. The summed E-state index contributed by atoms with van der Waals surface area (Å²) in [5, 5.41) is 21.8. The van der Waals surface area contributed by atoms with Crippen LogP contribution in [0.5, 0.6) is 0 Å². The summed E-state index contributed by atoms with van der Waals surface area (Å²) in [5.74, 6) is 1.27. The van der Waals surface area contributed by atoms with Crippen LogP contribution in [0.2, 0.25) is 0 Å². The number of hydrogen-bond acceptors (Lipinski definition) is 2. The summed E-state index contributed by atoms with van der Waals surface area (Å²) in [5.41, 5.74) is -0.0253. The third kappa shape index (κ3) is 2.00. The van der Waals surface area contributed by atoms with Gasteiger partial charge in [-0.05, 0) is 69.6 Å². The number of allylic oxidation sites excluding steroid dienone is 2. The van der Waals surface area contributed by atoms with Gasteiger partial charge in [-0.25, -0.2) is 0 Å². The van der Waals surface area contributed by atoms with E-state index < -0.39 is 11.2 Å². The average molecular weight is 262 g/mol. The molecule has 0 aromatic carbocycles. The highest BCUT2D eigenvalue weighted by molar-refractivity contribution is 5.18. The van der Waals surface area contributed by atoms with Crippen molar-refractivity contribution in [2.75, 3.05) is 0 Å². The van der Waals surface area contributed by atoms with Crippen molar-refractivity contribution in [3.63, 3.8) is 0 Å². The van der Waals surface area contributed by atoms with Crippen molar-refractivity contribution in [3.05, 3.63) is 24.3 Å². The first-order valence-electron chi connectivity index (χ1n) is 7.60. The fourth-order valence-electron chi connectivity index (χ4n) is 4.93. The predicted octanol–water partition coefficient (Wildman–Crippen LogP) is 3.06. The molecule has 0 saturated heterocycles. The summed E-state index contributed by atoms with van der Waals surface area (Å²) in [7, 11) is 0. The quantitative estimate of drug-likeness (QED) is 0.713. The maximum atomic E-state index is 11.1. The van der Waals surface area contributed by atoms with Crippen LogP contribution >= 0.6 is 0 Å².